The van der Waals surface area contributed by atoms with Gasteiger partial charge in [0.25, 0.3) is 0 Å². The molecule has 0 bridgehead atoms. The molecular weight excluding hydrogens is 342 g/mol. The molecule has 2 rings (SSSR count). The van der Waals surface area contributed by atoms with Crippen molar-refractivity contribution < 1.29 is 13.2 Å². The van der Waals surface area contributed by atoms with E-state index in [1.807, 2.05) is 39.8 Å². The predicted molar refractivity (Wildman–Crippen MR) is 82.3 cm³/mol. The maximum atomic E-state index is 12.8. The van der Waals surface area contributed by atoms with Crippen molar-refractivity contribution in [2.75, 3.05) is 13.1 Å². The largest absolute Gasteiger partial charge is 0.370 e. The van der Waals surface area contributed by atoms with Crippen molar-refractivity contribution >= 4 is 26.0 Å². The minimum Gasteiger partial charge on any atom is -0.370 e. The van der Waals surface area contributed by atoms with Gasteiger partial charge in [0, 0.05) is 17.6 Å². The highest BCUT2D eigenvalue weighted by atomic mass is 79.9. The first-order valence-corrected chi connectivity index (χ1v) is 8.79. The predicted octanol–water partition coefficient (Wildman–Crippen LogP) is 2.95. The van der Waals surface area contributed by atoms with E-state index in [4.69, 9.17) is 4.74 Å². The zero-order valence-electron chi connectivity index (χ0n) is 12.2. The van der Waals surface area contributed by atoms with Crippen LogP contribution in [0.3, 0.4) is 0 Å². The molecule has 1 atom stereocenters. The molecular formula is C14H20BrNO3S. The van der Waals surface area contributed by atoms with E-state index in [-0.39, 0.29) is 6.10 Å². The van der Waals surface area contributed by atoms with Crippen LogP contribution in [0.2, 0.25) is 0 Å². The van der Waals surface area contributed by atoms with Crippen molar-refractivity contribution in [2.24, 2.45) is 0 Å². The number of aryl methyl sites for hydroxylation is 1. The fraction of sp³-hybridized carbons (Fsp3) is 0.571. The van der Waals surface area contributed by atoms with Crippen LogP contribution in [0.4, 0.5) is 0 Å². The molecule has 0 saturated carbocycles. The van der Waals surface area contributed by atoms with E-state index < -0.39 is 15.6 Å². The third-order valence-corrected chi connectivity index (χ3v) is 5.75. The lowest BCUT2D eigenvalue weighted by Crippen LogP contribution is -2.53. The molecule has 1 aliphatic heterocycles. The minimum atomic E-state index is -3.50. The molecule has 6 heteroatoms. The lowest BCUT2D eigenvalue weighted by atomic mass is 10.1. The quantitative estimate of drug-likeness (QED) is 0.813. The summed E-state index contributed by atoms with van der Waals surface area (Å²) >= 11 is 3.34. The molecule has 1 unspecified atom stereocenters. The average molecular weight is 362 g/mol. The third-order valence-electron chi connectivity index (χ3n) is 3.31. The van der Waals surface area contributed by atoms with Crippen LogP contribution in [0, 0.1) is 6.92 Å². The van der Waals surface area contributed by atoms with Gasteiger partial charge < -0.3 is 4.74 Å². The number of sulfonamides is 1. The summed E-state index contributed by atoms with van der Waals surface area (Å²) in [5.41, 5.74) is 0.287. The first kappa shape index (κ1) is 15.9. The number of morpholine rings is 1. The molecule has 0 spiro atoms. The Labute approximate surface area is 129 Å². The molecule has 0 N–H and O–H groups in total. The van der Waals surface area contributed by atoms with Gasteiger partial charge in [0.2, 0.25) is 10.0 Å². The van der Waals surface area contributed by atoms with Crippen molar-refractivity contribution in [3.05, 3.63) is 28.2 Å². The zero-order valence-corrected chi connectivity index (χ0v) is 14.6. The second-order valence-corrected chi connectivity index (χ2v) is 8.72. The topological polar surface area (TPSA) is 46.6 Å². The summed E-state index contributed by atoms with van der Waals surface area (Å²) in [6.45, 7) is 8.30. The summed E-state index contributed by atoms with van der Waals surface area (Å²) < 4.78 is 33.7. The summed E-state index contributed by atoms with van der Waals surface area (Å²) in [5.74, 6) is 0. The molecule has 1 aliphatic rings. The summed E-state index contributed by atoms with van der Waals surface area (Å²) in [6.07, 6.45) is -0.110. The van der Waals surface area contributed by atoms with E-state index in [0.29, 0.717) is 18.0 Å². The smallest absolute Gasteiger partial charge is 0.243 e. The van der Waals surface area contributed by atoms with Gasteiger partial charge in [0.05, 0.1) is 16.6 Å². The van der Waals surface area contributed by atoms with E-state index in [2.05, 4.69) is 15.9 Å². The molecule has 20 heavy (non-hydrogen) atoms. The van der Waals surface area contributed by atoms with Crippen LogP contribution in [-0.2, 0) is 14.8 Å². The Hall–Kier alpha value is -0.430. The average Bonchev–Trinajstić information content (AvgIpc) is 2.29. The number of benzene rings is 1. The van der Waals surface area contributed by atoms with Crippen LogP contribution in [0.15, 0.2) is 27.6 Å². The molecule has 0 aliphatic carbocycles. The van der Waals surface area contributed by atoms with Crippen LogP contribution < -0.4 is 0 Å². The lowest BCUT2D eigenvalue weighted by molar-refractivity contribution is -0.109. The first-order valence-electron chi connectivity index (χ1n) is 6.56. The Bertz CT molecular complexity index is 613. The summed E-state index contributed by atoms with van der Waals surface area (Å²) in [6, 6.07) is 5.32. The van der Waals surface area contributed by atoms with E-state index in [9.17, 15) is 8.42 Å². The summed E-state index contributed by atoms with van der Waals surface area (Å²) in [4.78, 5) is 0.358. The van der Waals surface area contributed by atoms with Gasteiger partial charge in [-0.15, -0.1) is 0 Å². The van der Waals surface area contributed by atoms with Gasteiger partial charge in [0.1, 0.15) is 0 Å². The van der Waals surface area contributed by atoms with Crippen LogP contribution >= 0.6 is 15.9 Å². The number of rotatable bonds is 2. The number of hydrogen-bond acceptors (Lipinski definition) is 3. The first-order chi connectivity index (χ1) is 9.12. The maximum Gasteiger partial charge on any atom is 0.243 e. The molecule has 4 nitrogen and oxygen atoms in total. The Balaban J connectivity index is 2.42. The summed E-state index contributed by atoms with van der Waals surface area (Å²) in [7, 11) is -3.50. The molecule has 1 heterocycles. The van der Waals surface area contributed by atoms with E-state index in [0.717, 1.165) is 10.0 Å². The molecule has 0 radical (unpaired) electrons. The van der Waals surface area contributed by atoms with E-state index >= 15 is 0 Å². The van der Waals surface area contributed by atoms with Gasteiger partial charge in [-0.2, -0.15) is 4.31 Å². The number of hydrogen-bond donors (Lipinski definition) is 0. The molecule has 1 aromatic carbocycles. The fourth-order valence-corrected chi connectivity index (χ4v) is 5.00. The fourth-order valence-electron chi connectivity index (χ4n) is 2.57. The highest BCUT2D eigenvalue weighted by molar-refractivity contribution is 9.10. The van der Waals surface area contributed by atoms with Crippen LogP contribution in [0.5, 0.6) is 0 Å². The molecule has 0 amide bonds. The number of nitrogens with zero attached hydrogens (tertiary/aromatic N) is 1. The molecule has 112 valence electrons. The van der Waals surface area contributed by atoms with Crippen LogP contribution in [0.1, 0.15) is 26.3 Å². The second kappa shape index (κ2) is 5.40. The SMILES string of the molecule is Cc1ccc(Br)cc1S(=O)(=O)N1CC(C)OC(C)(C)C1. The highest BCUT2D eigenvalue weighted by Gasteiger charge is 2.38. The van der Waals surface area contributed by atoms with Crippen LogP contribution in [-0.4, -0.2) is 37.5 Å². The summed E-state index contributed by atoms with van der Waals surface area (Å²) in [5, 5.41) is 0. The van der Waals surface area contributed by atoms with Crippen molar-refractivity contribution in [3.63, 3.8) is 0 Å². The normalized spacial score (nSPS) is 23.8. The standard InChI is InChI=1S/C14H20BrNO3S/c1-10-5-6-12(15)7-13(10)20(17,18)16-8-11(2)19-14(3,4)9-16/h5-7,11H,8-9H2,1-4H3. The number of halogens is 1. The van der Waals surface area contributed by atoms with Crippen molar-refractivity contribution in [1.82, 2.24) is 4.31 Å². The van der Waals surface area contributed by atoms with Gasteiger partial charge in [-0.05, 0) is 45.4 Å². The van der Waals surface area contributed by atoms with Crippen molar-refractivity contribution in [2.45, 2.75) is 44.3 Å². The van der Waals surface area contributed by atoms with Crippen molar-refractivity contribution in [1.29, 1.82) is 0 Å². The maximum absolute atomic E-state index is 12.8. The Morgan fingerprint density at radius 1 is 1.40 bits per heavy atom. The molecule has 0 aromatic heterocycles. The molecule has 1 aromatic rings. The Kier molecular flexibility index (Phi) is 4.31. The van der Waals surface area contributed by atoms with Gasteiger partial charge in [-0.3, -0.25) is 0 Å². The van der Waals surface area contributed by atoms with Crippen LogP contribution in [0.25, 0.3) is 0 Å². The minimum absolute atomic E-state index is 0.110. The van der Waals surface area contributed by atoms with E-state index in [1.54, 1.807) is 6.07 Å². The zero-order chi connectivity index (χ0) is 15.1. The number of ether oxygens (including phenoxy) is 1. The molecule has 1 saturated heterocycles. The van der Waals surface area contributed by atoms with Crippen molar-refractivity contribution in [3.8, 4) is 0 Å². The Morgan fingerprint density at radius 2 is 2.05 bits per heavy atom. The second-order valence-electron chi connectivity index (χ2n) is 5.90. The molecule has 1 fully saturated rings. The highest BCUT2D eigenvalue weighted by Crippen LogP contribution is 2.29. The van der Waals surface area contributed by atoms with Gasteiger partial charge in [-0.25, -0.2) is 8.42 Å². The van der Waals surface area contributed by atoms with E-state index in [1.165, 1.54) is 4.31 Å². The lowest BCUT2D eigenvalue weighted by Gasteiger charge is -2.41. The van der Waals surface area contributed by atoms with Gasteiger partial charge >= 0.3 is 0 Å². The van der Waals surface area contributed by atoms with Gasteiger partial charge in [-0.1, -0.05) is 22.0 Å². The third kappa shape index (κ3) is 3.24. The monoisotopic (exact) mass is 361 g/mol. The van der Waals surface area contributed by atoms with Gasteiger partial charge in [0.15, 0.2) is 0 Å². The Morgan fingerprint density at radius 3 is 2.65 bits per heavy atom.